The molecule has 2 heterocycles. The summed E-state index contributed by atoms with van der Waals surface area (Å²) in [4.78, 5) is 24.0. The molecule has 10 heteroatoms. The zero-order chi connectivity index (χ0) is 19.4. The molecule has 27 heavy (non-hydrogen) atoms. The van der Waals surface area contributed by atoms with Crippen LogP contribution in [0.5, 0.6) is 0 Å². The van der Waals surface area contributed by atoms with Crippen LogP contribution < -0.4 is 5.32 Å². The molecule has 0 radical (unpaired) electrons. The average Bonchev–Trinajstić information content (AvgIpc) is 3.03. The Balaban J connectivity index is 1.78. The van der Waals surface area contributed by atoms with E-state index in [1.54, 1.807) is 13.0 Å². The van der Waals surface area contributed by atoms with E-state index in [0.717, 1.165) is 12.1 Å². The molecule has 3 aromatic rings. The van der Waals surface area contributed by atoms with Gasteiger partial charge in [-0.15, -0.1) is 0 Å². The predicted molar refractivity (Wildman–Crippen MR) is 90.7 cm³/mol. The first kappa shape index (κ1) is 18.6. The maximum absolute atomic E-state index is 12.8. The van der Waals surface area contributed by atoms with Gasteiger partial charge in [0.2, 0.25) is 0 Å². The number of anilines is 1. The molecule has 1 aromatic carbocycles. The molecule has 0 amide bonds. The van der Waals surface area contributed by atoms with E-state index in [1.807, 2.05) is 0 Å². The van der Waals surface area contributed by atoms with E-state index in [-0.39, 0.29) is 19.7 Å². The summed E-state index contributed by atoms with van der Waals surface area (Å²) in [5.41, 5.74) is 0.564. The maximum atomic E-state index is 12.8. The van der Waals surface area contributed by atoms with E-state index < -0.39 is 17.7 Å². The molecule has 0 unspecified atom stereocenters. The highest BCUT2D eigenvalue weighted by Crippen LogP contribution is 2.29. The predicted octanol–water partition coefficient (Wildman–Crippen LogP) is 3.02. The molecular weight excluding hydrogens is 363 g/mol. The summed E-state index contributed by atoms with van der Waals surface area (Å²) in [5.74, 6) is -0.0612. The van der Waals surface area contributed by atoms with Crippen molar-refractivity contribution >= 4 is 23.0 Å². The molecule has 1 N–H and O–H groups in total. The van der Waals surface area contributed by atoms with Gasteiger partial charge in [0.15, 0.2) is 11.5 Å². The Labute approximate surface area is 152 Å². The third-order valence-electron chi connectivity index (χ3n) is 3.72. The van der Waals surface area contributed by atoms with Gasteiger partial charge in [0, 0.05) is 6.54 Å². The zero-order valence-electron chi connectivity index (χ0n) is 14.3. The molecule has 0 aliphatic heterocycles. The molecule has 142 valence electrons. The van der Waals surface area contributed by atoms with Crippen LogP contribution in [0.25, 0.3) is 11.2 Å². The Morgan fingerprint density at radius 1 is 1.26 bits per heavy atom. The summed E-state index contributed by atoms with van der Waals surface area (Å²) in [7, 11) is 0. The normalized spacial score (nSPS) is 11.6. The minimum absolute atomic E-state index is 0.0472. The Morgan fingerprint density at radius 3 is 2.81 bits per heavy atom. The number of halogens is 3. The van der Waals surface area contributed by atoms with Gasteiger partial charge in [0.05, 0.1) is 18.5 Å². The van der Waals surface area contributed by atoms with Gasteiger partial charge in [-0.2, -0.15) is 13.2 Å². The van der Waals surface area contributed by atoms with Gasteiger partial charge in [-0.05, 0) is 24.6 Å². The Hall–Kier alpha value is -3.17. The number of alkyl halides is 3. The number of nitrogens with one attached hydrogen (secondary N) is 1. The number of esters is 1. The lowest BCUT2D eigenvalue weighted by Gasteiger charge is -2.10. The monoisotopic (exact) mass is 379 g/mol. The van der Waals surface area contributed by atoms with Crippen molar-refractivity contribution in [1.29, 1.82) is 0 Å². The van der Waals surface area contributed by atoms with Gasteiger partial charge in [0.1, 0.15) is 18.4 Å². The van der Waals surface area contributed by atoms with Gasteiger partial charge in [-0.3, -0.25) is 4.79 Å². The summed E-state index contributed by atoms with van der Waals surface area (Å²) in [6, 6.07) is 5.03. The lowest BCUT2D eigenvalue weighted by atomic mass is 10.1. The Bertz CT molecular complexity index is 955. The lowest BCUT2D eigenvalue weighted by Crippen LogP contribution is -2.13. The van der Waals surface area contributed by atoms with Crippen LogP contribution in [-0.2, 0) is 28.8 Å². The molecule has 0 fully saturated rings. The van der Waals surface area contributed by atoms with E-state index >= 15 is 0 Å². The molecule has 2 aromatic heterocycles. The van der Waals surface area contributed by atoms with Crippen LogP contribution in [0.3, 0.4) is 0 Å². The van der Waals surface area contributed by atoms with Crippen LogP contribution in [0.1, 0.15) is 18.1 Å². The number of aromatic nitrogens is 4. The first-order valence-corrected chi connectivity index (χ1v) is 8.10. The molecule has 3 rings (SSSR count). The number of rotatable bonds is 6. The van der Waals surface area contributed by atoms with Crippen LogP contribution >= 0.6 is 0 Å². The van der Waals surface area contributed by atoms with Gasteiger partial charge in [0.25, 0.3) is 0 Å². The summed E-state index contributed by atoms with van der Waals surface area (Å²) >= 11 is 0. The molecule has 0 aliphatic rings. The lowest BCUT2D eigenvalue weighted by molar-refractivity contribution is -0.143. The van der Waals surface area contributed by atoms with Crippen molar-refractivity contribution in [2.24, 2.45) is 0 Å². The fourth-order valence-electron chi connectivity index (χ4n) is 2.51. The van der Waals surface area contributed by atoms with Crippen LogP contribution in [0.4, 0.5) is 19.0 Å². The van der Waals surface area contributed by atoms with E-state index in [0.29, 0.717) is 22.5 Å². The highest BCUT2D eigenvalue weighted by molar-refractivity contribution is 5.83. The molecule has 0 saturated carbocycles. The number of carbonyl (C=O) groups excluding carboxylic acids is 1. The Morgan fingerprint density at radius 2 is 2.07 bits per heavy atom. The van der Waals surface area contributed by atoms with Crippen LogP contribution in [0, 0.1) is 0 Å². The average molecular weight is 379 g/mol. The van der Waals surface area contributed by atoms with Crippen LogP contribution in [0.15, 0.2) is 36.9 Å². The van der Waals surface area contributed by atoms with Crippen molar-refractivity contribution in [3.05, 3.63) is 48.0 Å². The van der Waals surface area contributed by atoms with Gasteiger partial charge in [-0.1, -0.05) is 12.1 Å². The van der Waals surface area contributed by atoms with Crippen LogP contribution in [0.2, 0.25) is 0 Å². The summed E-state index contributed by atoms with van der Waals surface area (Å²) in [5, 5.41) is 2.96. The smallest absolute Gasteiger partial charge is 0.416 e. The van der Waals surface area contributed by atoms with Crippen molar-refractivity contribution < 1.29 is 22.7 Å². The third kappa shape index (κ3) is 4.33. The number of hydrogen-bond acceptors (Lipinski definition) is 6. The number of nitrogens with zero attached hydrogens (tertiary/aromatic N) is 4. The highest BCUT2D eigenvalue weighted by atomic mass is 19.4. The second-order valence-electron chi connectivity index (χ2n) is 5.62. The maximum Gasteiger partial charge on any atom is 0.416 e. The fraction of sp³-hybridized carbons (Fsp3) is 0.294. The summed E-state index contributed by atoms with van der Waals surface area (Å²) < 4.78 is 44.8. The number of fused-ring (bicyclic) bond motifs is 1. The molecule has 0 spiro atoms. The largest absolute Gasteiger partial charge is 0.465 e. The number of benzene rings is 1. The third-order valence-corrected chi connectivity index (χ3v) is 3.72. The van der Waals surface area contributed by atoms with Crippen molar-refractivity contribution in [3.63, 3.8) is 0 Å². The standard InChI is InChI=1S/C17H16F3N5O2/c1-2-27-13(26)8-25-10-24-14-15(22-9-23-16(14)25)21-7-11-4-3-5-12(6-11)17(18,19)20/h3-6,9-10H,2,7-8H2,1H3,(H,21,22,23). The number of ether oxygens (including phenoxy) is 1. The van der Waals surface area contributed by atoms with Crippen molar-refractivity contribution in [2.75, 3.05) is 11.9 Å². The van der Waals surface area contributed by atoms with Crippen molar-refractivity contribution in [2.45, 2.75) is 26.2 Å². The first-order chi connectivity index (χ1) is 12.9. The fourth-order valence-corrected chi connectivity index (χ4v) is 2.51. The minimum atomic E-state index is -4.40. The summed E-state index contributed by atoms with van der Waals surface area (Å²) in [6.07, 6.45) is -1.67. The van der Waals surface area contributed by atoms with E-state index in [1.165, 1.54) is 23.3 Å². The number of hydrogen-bond donors (Lipinski definition) is 1. The Kier molecular flexibility index (Phi) is 5.24. The van der Waals surface area contributed by atoms with Crippen LogP contribution in [-0.4, -0.2) is 32.1 Å². The second-order valence-corrected chi connectivity index (χ2v) is 5.62. The molecular formula is C17H16F3N5O2. The SMILES string of the molecule is CCOC(=O)Cn1cnc2c(NCc3cccc(C(F)(F)F)c3)ncnc21. The molecule has 0 atom stereocenters. The first-order valence-electron chi connectivity index (χ1n) is 8.10. The second kappa shape index (κ2) is 7.60. The van der Waals surface area contributed by atoms with E-state index in [2.05, 4.69) is 20.3 Å². The van der Waals surface area contributed by atoms with E-state index in [9.17, 15) is 18.0 Å². The molecule has 0 aliphatic carbocycles. The van der Waals surface area contributed by atoms with E-state index in [4.69, 9.17) is 4.74 Å². The van der Waals surface area contributed by atoms with Crippen molar-refractivity contribution in [1.82, 2.24) is 19.5 Å². The minimum Gasteiger partial charge on any atom is -0.465 e. The number of imidazole rings is 1. The molecule has 0 saturated heterocycles. The molecule has 7 nitrogen and oxygen atoms in total. The van der Waals surface area contributed by atoms with Gasteiger partial charge < -0.3 is 14.6 Å². The zero-order valence-corrected chi connectivity index (χ0v) is 14.3. The van der Waals surface area contributed by atoms with Crippen molar-refractivity contribution in [3.8, 4) is 0 Å². The van der Waals surface area contributed by atoms with Gasteiger partial charge >= 0.3 is 12.1 Å². The van der Waals surface area contributed by atoms with Gasteiger partial charge in [-0.25, -0.2) is 15.0 Å². The topological polar surface area (TPSA) is 81.9 Å². The highest BCUT2D eigenvalue weighted by Gasteiger charge is 2.30. The quantitative estimate of drug-likeness (QED) is 0.663. The number of carbonyl (C=O) groups is 1. The summed E-state index contributed by atoms with van der Waals surface area (Å²) in [6.45, 7) is 2.06. The molecule has 0 bridgehead atoms.